The van der Waals surface area contributed by atoms with Crippen molar-refractivity contribution in [3.05, 3.63) is 24.0 Å². The van der Waals surface area contributed by atoms with E-state index in [1.165, 1.54) is 18.2 Å². The smallest absolute Gasteiger partial charge is 0.238 e. The molecular weight excluding hydrogens is 237 g/mol. The molecule has 0 aromatic heterocycles. The highest BCUT2D eigenvalue weighted by molar-refractivity contribution is 5.92. The molecule has 0 aliphatic heterocycles. The zero-order valence-corrected chi connectivity index (χ0v) is 10.5. The molecule has 6 heteroatoms. The van der Waals surface area contributed by atoms with Gasteiger partial charge in [-0.3, -0.25) is 9.69 Å². The third kappa shape index (κ3) is 3.97. The van der Waals surface area contributed by atoms with Crippen LogP contribution in [0, 0.1) is 5.82 Å². The first kappa shape index (κ1) is 14.4. The number of benzene rings is 1. The highest BCUT2D eigenvalue weighted by Gasteiger charge is 2.13. The van der Waals surface area contributed by atoms with Crippen molar-refractivity contribution in [2.75, 3.05) is 31.2 Å². The summed E-state index contributed by atoms with van der Waals surface area (Å²) in [6.45, 7) is 1.81. The van der Waals surface area contributed by atoms with E-state index in [9.17, 15) is 9.18 Å². The third-order valence-electron chi connectivity index (χ3n) is 2.67. The van der Waals surface area contributed by atoms with Gasteiger partial charge in [0.25, 0.3) is 0 Å². The van der Waals surface area contributed by atoms with Crippen molar-refractivity contribution in [1.82, 2.24) is 4.90 Å². The number of nitrogens with one attached hydrogen (secondary N) is 1. The zero-order valence-electron chi connectivity index (χ0n) is 10.5. The molecule has 0 aliphatic rings. The number of halogens is 1. The van der Waals surface area contributed by atoms with Crippen LogP contribution in [0.5, 0.6) is 0 Å². The first-order valence-electron chi connectivity index (χ1n) is 5.60. The summed E-state index contributed by atoms with van der Waals surface area (Å²) in [5.74, 6) is -0.891. The Hall–Kier alpha value is -1.66. The number of hydrogen-bond acceptors (Lipinski definition) is 4. The Morgan fingerprint density at radius 2 is 2.28 bits per heavy atom. The fourth-order valence-electron chi connectivity index (χ4n) is 1.35. The summed E-state index contributed by atoms with van der Waals surface area (Å²) in [5, 5.41) is 11.4. The molecule has 100 valence electrons. The number of carbonyl (C=O) groups is 1. The molecule has 5 nitrogen and oxygen atoms in total. The molecule has 1 amide bonds. The molecule has 0 heterocycles. The molecule has 18 heavy (non-hydrogen) atoms. The van der Waals surface area contributed by atoms with Crippen LogP contribution in [-0.4, -0.2) is 42.2 Å². The Bertz CT molecular complexity index is 426. The summed E-state index contributed by atoms with van der Waals surface area (Å²) in [6.07, 6.45) is 0. The van der Waals surface area contributed by atoms with Gasteiger partial charge in [-0.25, -0.2) is 4.39 Å². The van der Waals surface area contributed by atoms with E-state index in [4.69, 9.17) is 10.8 Å². The summed E-state index contributed by atoms with van der Waals surface area (Å²) in [6, 6.07) is 3.85. The van der Waals surface area contributed by atoms with Crippen molar-refractivity contribution >= 4 is 17.3 Å². The van der Waals surface area contributed by atoms with E-state index in [1.807, 2.05) is 0 Å². The SMILES string of the molecule is CC(CO)N(C)CC(=O)Nc1cc(N)ccc1F. The number of anilines is 2. The van der Waals surface area contributed by atoms with Gasteiger partial charge in [0.05, 0.1) is 18.8 Å². The highest BCUT2D eigenvalue weighted by Crippen LogP contribution is 2.17. The van der Waals surface area contributed by atoms with E-state index in [-0.39, 0.29) is 30.8 Å². The average molecular weight is 255 g/mol. The number of rotatable bonds is 5. The summed E-state index contributed by atoms with van der Waals surface area (Å²) < 4.78 is 13.4. The molecule has 1 unspecified atom stereocenters. The van der Waals surface area contributed by atoms with Crippen molar-refractivity contribution < 1.29 is 14.3 Å². The Balaban J connectivity index is 2.62. The number of hydrogen-bond donors (Lipinski definition) is 3. The average Bonchev–Trinajstić information content (AvgIpc) is 2.32. The van der Waals surface area contributed by atoms with Crippen LogP contribution < -0.4 is 11.1 Å². The van der Waals surface area contributed by atoms with Gasteiger partial charge in [-0.2, -0.15) is 0 Å². The minimum atomic E-state index is -0.532. The minimum absolute atomic E-state index is 0.0452. The Labute approximate surface area is 105 Å². The summed E-state index contributed by atoms with van der Waals surface area (Å²) in [7, 11) is 1.70. The predicted octanol–water partition coefficient (Wildman–Crippen LogP) is 0.659. The maximum atomic E-state index is 13.4. The van der Waals surface area contributed by atoms with E-state index in [2.05, 4.69) is 5.32 Å². The van der Waals surface area contributed by atoms with Gasteiger partial charge in [0.15, 0.2) is 0 Å². The quantitative estimate of drug-likeness (QED) is 0.675. The zero-order chi connectivity index (χ0) is 13.7. The van der Waals surface area contributed by atoms with Gasteiger partial charge in [-0.1, -0.05) is 0 Å². The maximum absolute atomic E-state index is 13.4. The molecule has 0 radical (unpaired) electrons. The molecule has 0 saturated carbocycles. The molecule has 1 rings (SSSR count). The van der Waals surface area contributed by atoms with E-state index in [1.54, 1.807) is 18.9 Å². The number of nitrogen functional groups attached to an aromatic ring is 1. The van der Waals surface area contributed by atoms with Gasteiger partial charge in [-0.15, -0.1) is 0 Å². The van der Waals surface area contributed by atoms with Gasteiger partial charge in [0.2, 0.25) is 5.91 Å². The fraction of sp³-hybridized carbons (Fsp3) is 0.417. The van der Waals surface area contributed by atoms with Gasteiger partial charge >= 0.3 is 0 Å². The van der Waals surface area contributed by atoms with E-state index in [0.29, 0.717) is 5.69 Å². The molecule has 0 fully saturated rings. The van der Waals surface area contributed by atoms with Crippen molar-refractivity contribution in [3.63, 3.8) is 0 Å². The molecule has 1 atom stereocenters. The van der Waals surface area contributed by atoms with E-state index < -0.39 is 5.82 Å². The lowest BCUT2D eigenvalue weighted by Crippen LogP contribution is -2.38. The van der Waals surface area contributed by atoms with Crippen LogP contribution in [0.1, 0.15) is 6.92 Å². The van der Waals surface area contributed by atoms with Crippen LogP contribution in [-0.2, 0) is 4.79 Å². The van der Waals surface area contributed by atoms with Crippen LogP contribution in [0.4, 0.5) is 15.8 Å². The first-order valence-corrected chi connectivity index (χ1v) is 5.60. The molecular formula is C12H18FN3O2. The second-order valence-corrected chi connectivity index (χ2v) is 4.23. The van der Waals surface area contributed by atoms with Crippen LogP contribution >= 0.6 is 0 Å². The van der Waals surface area contributed by atoms with Crippen molar-refractivity contribution in [2.45, 2.75) is 13.0 Å². The van der Waals surface area contributed by atoms with Gasteiger partial charge in [0, 0.05) is 11.7 Å². The normalized spacial score (nSPS) is 12.5. The topological polar surface area (TPSA) is 78.6 Å². The molecule has 1 aromatic rings. The second-order valence-electron chi connectivity index (χ2n) is 4.23. The fourth-order valence-corrected chi connectivity index (χ4v) is 1.35. The van der Waals surface area contributed by atoms with Gasteiger partial charge < -0.3 is 16.2 Å². The number of likely N-dealkylation sites (N-methyl/N-ethyl adjacent to an activating group) is 1. The number of carbonyl (C=O) groups excluding carboxylic acids is 1. The van der Waals surface area contributed by atoms with Crippen LogP contribution in [0.2, 0.25) is 0 Å². The maximum Gasteiger partial charge on any atom is 0.238 e. The number of amides is 1. The lowest BCUT2D eigenvalue weighted by molar-refractivity contribution is -0.117. The molecule has 1 aromatic carbocycles. The van der Waals surface area contributed by atoms with E-state index >= 15 is 0 Å². The standard InChI is InChI=1S/C12H18FN3O2/c1-8(7-17)16(2)6-12(18)15-11-5-9(14)3-4-10(11)13/h3-5,8,17H,6-7,14H2,1-2H3,(H,15,18). The van der Waals surface area contributed by atoms with Crippen molar-refractivity contribution in [2.24, 2.45) is 0 Å². The molecule has 0 aliphatic carbocycles. The Kier molecular flexibility index (Phi) is 5.06. The van der Waals surface area contributed by atoms with E-state index in [0.717, 1.165) is 0 Å². The molecule has 0 saturated heterocycles. The molecule has 4 N–H and O–H groups in total. The third-order valence-corrected chi connectivity index (χ3v) is 2.67. The number of aliphatic hydroxyl groups is 1. The number of nitrogens with zero attached hydrogens (tertiary/aromatic N) is 1. The summed E-state index contributed by atoms with van der Waals surface area (Å²) in [5.41, 5.74) is 5.95. The second kappa shape index (κ2) is 6.32. The monoisotopic (exact) mass is 255 g/mol. The largest absolute Gasteiger partial charge is 0.399 e. The van der Waals surface area contributed by atoms with Gasteiger partial charge in [0.1, 0.15) is 5.82 Å². The van der Waals surface area contributed by atoms with Crippen LogP contribution in [0.3, 0.4) is 0 Å². The lowest BCUT2D eigenvalue weighted by Gasteiger charge is -2.22. The van der Waals surface area contributed by atoms with Crippen molar-refractivity contribution in [1.29, 1.82) is 0 Å². The van der Waals surface area contributed by atoms with Crippen LogP contribution in [0.15, 0.2) is 18.2 Å². The number of aliphatic hydroxyl groups excluding tert-OH is 1. The highest BCUT2D eigenvalue weighted by atomic mass is 19.1. The Morgan fingerprint density at radius 1 is 1.61 bits per heavy atom. The predicted molar refractivity (Wildman–Crippen MR) is 68.6 cm³/mol. The summed E-state index contributed by atoms with van der Waals surface area (Å²) >= 11 is 0. The van der Waals surface area contributed by atoms with Crippen molar-refractivity contribution in [3.8, 4) is 0 Å². The van der Waals surface area contributed by atoms with Gasteiger partial charge in [-0.05, 0) is 32.2 Å². The lowest BCUT2D eigenvalue weighted by atomic mass is 10.2. The molecule has 0 spiro atoms. The molecule has 0 bridgehead atoms. The minimum Gasteiger partial charge on any atom is -0.399 e. The first-order chi connectivity index (χ1) is 8.43. The summed E-state index contributed by atoms with van der Waals surface area (Å²) in [4.78, 5) is 13.3. The Morgan fingerprint density at radius 3 is 2.89 bits per heavy atom. The van der Waals surface area contributed by atoms with Crippen LogP contribution in [0.25, 0.3) is 0 Å². The number of nitrogens with two attached hydrogens (primary N) is 1.